The molecule has 1 rings (SSSR count). The second kappa shape index (κ2) is 5.30. The maximum Gasteiger partial charge on any atom is 0.139 e. The minimum absolute atomic E-state index is 0.0196. The lowest BCUT2D eigenvalue weighted by Gasteiger charge is -2.35. The van der Waals surface area contributed by atoms with Crippen molar-refractivity contribution in [2.24, 2.45) is 5.41 Å². The number of piperidine rings is 1. The topological polar surface area (TPSA) is 29.1 Å². The molecule has 0 bridgehead atoms. The summed E-state index contributed by atoms with van der Waals surface area (Å²) in [4.78, 5) is 12.0. The second-order valence-corrected chi connectivity index (χ2v) is 4.13. The molecule has 1 saturated heterocycles. The van der Waals surface area contributed by atoms with Crippen LogP contribution >= 0.6 is 0 Å². The molecule has 0 aromatic rings. The summed E-state index contributed by atoms with van der Waals surface area (Å²) in [6.07, 6.45) is 6.36. The van der Waals surface area contributed by atoms with Gasteiger partial charge in [0.25, 0.3) is 0 Å². The quantitative estimate of drug-likeness (QED) is 0.682. The van der Waals surface area contributed by atoms with Crippen LogP contribution in [0.15, 0.2) is 12.7 Å². The van der Waals surface area contributed by atoms with Crippen LogP contribution in [0, 0.1) is 5.41 Å². The molecule has 0 amide bonds. The Morgan fingerprint density at radius 3 is 2.64 bits per heavy atom. The van der Waals surface area contributed by atoms with Gasteiger partial charge in [-0.05, 0) is 38.8 Å². The van der Waals surface area contributed by atoms with Gasteiger partial charge in [-0.15, -0.1) is 6.58 Å². The molecular weight excluding hydrogens is 174 g/mol. The summed E-state index contributed by atoms with van der Waals surface area (Å²) in [5.74, 6) is 0.446. The first-order valence-corrected chi connectivity index (χ1v) is 5.60. The first-order chi connectivity index (χ1) is 6.75. The van der Waals surface area contributed by atoms with Gasteiger partial charge in [-0.1, -0.05) is 13.0 Å². The second-order valence-electron chi connectivity index (χ2n) is 4.13. The van der Waals surface area contributed by atoms with Gasteiger partial charge < -0.3 is 5.32 Å². The molecule has 0 aromatic heterocycles. The van der Waals surface area contributed by atoms with Crippen molar-refractivity contribution in [3.8, 4) is 0 Å². The molecule has 0 aromatic carbocycles. The molecular formula is C12H21NO. The van der Waals surface area contributed by atoms with Gasteiger partial charge >= 0.3 is 0 Å². The fourth-order valence-corrected chi connectivity index (χ4v) is 2.23. The molecule has 0 radical (unpaired) electrons. The maximum atomic E-state index is 12.0. The van der Waals surface area contributed by atoms with E-state index < -0.39 is 0 Å². The third-order valence-corrected chi connectivity index (χ3v) is 3.40. The third-order valence-electron chi connectivity index (χ3n) is 3.40. The van der Waals surface area contributed by atoms with Crippen LogP contribution in [-0.2, 0) is 4.79 Å². The van der Waals surface area contributed by atoms with Crippen LogP contribution in [0.3, 0.4) is 0 Å². The monoisotopic (exact) mass is 195 g/mol. The molecule has 0 saturated carbocycles. The molecule has 0 unspecified atom stereocenters. The molecule has 2 heteroatoms. The van der Waals surface area contributed by atoms with Gasteiger partial charge in [0.2, 0.25) is 0 Å². The Labute approximate surface area is 86.8 Å². The molecule has 0 atom stereocenters. The van der Waals surface area contributed by atoms with E-state index in [1.165, 1.54) is 0 Å². The van der Waals surface area contributed by atoms with E-state index in [-0.39, 0.29) is 5.41 Å². The molecule has 2 nitrogen and oxygen atoms in total. The number of rotatable bonds is 5. The zero-order valence-corrected chi connectivity index (χ0v) is 9.14. The smallest absolute Gasteiger partial charge is 0.139 e. The summed E-state index contributed by atoms with van der Waals surface area (Å²) in [6.45, 7) is 7.79. The van der Waals surface area contributed by atoms with E-state index in [0.717, 1.165) is 38.8 Å². The van der Waals surface area contributed by atoms with E-state index in [1.807, 2.05) is 6.08 Å². The predicted octanol–water partition coefficient (Wildman–Crippen LogP) is 2.30. The van der Waals surface area contributed by atoms with Crippen LogP contribution in [0.25, 0.3) is 0 Å². The van der Waals surface area contributed by atoms with Crippen molar-refractivity contribution in [2.45, 2.75) is 39.0 Å². The fourth-order valence-electron chi connectivity index (χ4n) is 2.23. The highest BCUT2D eigenvalue weighted by atomic mass is 16.1. The standard InChI is InChI=1S/C12H21NO/c1-3-5-6-11(14)12(4-2)7-9-13-10-8-12/h3,13H,1,4-10H2,2H3. The number of hydrogen-bond donors (Lipinski definition) is 1. The highest BCUT2D eigenvalue weighted by Gasteiger charge is 2.36. The van der Waals surface area contributed by atoms with Gasteiger partial charge in [-0.2, -0.15) is 0 Å². The Balaban J connectivity index is 2.57. The van der Waals surface area contributed by atoms with Crippen LogP contribution in [0.1, 0.15) is 39.0 Å². The maximum absolute atomic E-state index is 12.0. The van der Waals surface area contributed by atoms with Crippen LogP contribution in [0.4, 0.5) is 0 Å². The number of carbonyl (C=O) groups is 1. The lowest BCUT2D eigenvalue weighted by Crippen LogP contribution is -2.41. The van der Waals surface area contributed by atoms with Crippen molar-refractivity contribution >= 4 is 5.78 Å². The van der Waals surface area contributed by atoms with Crippen molar-refractivity contribution < 1.29 is 4.79 Å². The lowest BCUT2D eigenvalue weighted by molar-refractivity contribution is -0.130. The number of hydrogen-bond acceptors (Lipinski definition) is 2. The predicted molar refractivity (Wildman–Crippen MR) is 59.3 cm³/mol. The van der Waals surface area contributed by atoms with Crippen molar-refractivity contribution in [3.63, 3.8) is 0 Å². The average Bonchev–Trinajstić information content (AvgIpc) is 2.26. The van der Waals surface area contributed by atoms with E-state index in [0.29, 0.717) is 12.2 Å². The third kappa shape index (κ3) is 2.44. The Morgan fingerprint density at radius 2 is 2.14 bits per heavy atom. The van der Waals surface area contributed by atoms with E-state index in [1.54, 1.807) is 0 Å². The van der Waals surface area contributed by atoms with E-state index in [9.17, 15) is 4.79 Å². The molecule has 1 fully saturated rings. The number of ketones is 1. The Kier molecular flexibility index (Phi) is 4.33. The summed E-state index contributed by atoms with van der Waals surface area (Å²) >= 11 is 0. The molecule has 14 heavy (non-hydrogen) atoms. The summed E-state index contributed by atoms with van der Waals surface area (Å²) < 4.78 is 0. The first kappa shape index (κ1) is 11.4. The van der Waals surface area contributed by atoms with Crippen LogP contribution < -0.4 is 5.32 Å². The summed E-state index contributed by atoms with van der Waals surface area (Å²) in [7, 11) is 0. The molecule has 80 valence electrons. The van der Waals surface area contributed by atoms with Crippen LogP contribution in [0.5, 0.6) is 0 Å². The molecule has 0 spiro atoms. The van der Waals surface area contributed by atoms with Gasteiger partial charge in [0.1, 0.15) is 5.78 Å². The lowest BCUT2D eigenvalue weighted by atomic mass is 9.72. The van der Waals surface area contributed by atoms with E-state index in [4.69, 9.17) is 0 Å². The van der Waals surface area contributed by atoms with Crippen LogP contribution in [0.2, 0.25) is 0 Å². The minimum atomic E-state index is -0.0196. The molecule has 1 heterocycles. The first-order valence-electron chi connectivity index (χ1n) is 5.60. The summed E-state index contributed by atoms with van der Waals surface area (Å²) in [5, 5.41) is 3.31. The van der Waals surface area contributed by atoms with Crippen molar-refractivity contribution in [1.29, 1.82) is 0 Å². The SMILES string of the molecule is C=CCCC(=O)C1(CC)CCNCC1. The Hall–Kier alpha value is -0.630. The molecule has 0 aliphatic carbocycles. The van der Waals surface area contributed by atoms with Crippen molar-refractivity contribution in [1.82, 2.24) is 5.32 Å². The zero-order chi connectivity index (χ0) is 10.4. The van der Waals surface area contributed by atoms with Crippen LogP contribution in [-0.4, -0.2) is 18.9 Å². The number of nitrogens with one attached hydrogen (secondary N) is 1. The number of Topliss-reactive ketones (excluding diaryl/α,β-unsaturated/α-hetero) is 1. The molecule has 1 aliphatic rings. The highest BCUT2D eigenvalue weighted by molar-refractivity contribution is 5.85. The zero-order valence-electron chi connectivity index (χ0n) is 9.14. The van der Waals surface area contributed by atoms with E-state index in [2.05, 4.69) is 18.8 Å². The van der Waals surface area contributed by atoms with Gasteiger partial charge in [-0.3, -0.25) is 4.79 Å². The minimum Gasteiger partial charge on any atom is -0.317 e. The summed E-state index contributed by atoms with van der Waals surface area (Å²) in [6, 6.07) is 0. The molecule has 1 N–H and O–H groups in total. The van der Waals surface area contributed by atoms with E-state index >= 15 is 0 Å². The number of allylic oxidation sites excluding steroid dienone is 1. The van der Waals surface area contributed by atoms with Crippen molar-refractivity contribution in [2.75, 3.05) is 13.1 Å². The fraction of sp³-hybridized carbons (Fsp3) is 0.750. The largest absolute Gasteiger partial charge is 0.317 e. The van der Waals surface area contributed by atoms with Crippen molar-refractivity contribution in [3.05, 3.63) is 12.7 Å². The summed E-state index contributed by atoms with van der Waals surface area (Å²) in [5.41, 5.74) is -0.0196. The average molecular weight is 195 g/mol. The normalized spacial score (nSPS) is 20.4. The van der Waals surface area contributed by atoms with Gasteiger partial charge in [0.15, 0.2) is 0 Å². The van der Waals surface area contributed by atoms with Gasteiger partial charge in [0, 0.05) is 11.8 Å². The molecule has 1 aliphatic heterocycles. The Bertz CT molecular complexity index is 204. The Morgan fingerprint density at radius 1 is 1.50 bits per heavy atom. The number of carbonyl (C=O) groups excluding carboxylic acids is 1. The highest BCUT2D eigenvalue weighted by Crippen LogP contribution is 2.34. The van der Waals surface area contributed by atoms with Gasteiger partial charge in [0.05, 0.1) is 0 Å². The van der Waals surface area contributed by atoms with Gasteiger partial charge in [-0.25, -0.2) is 0 Å².